The fraction of sp³-hybridized carbons (Fsp3) is 0.222. The molecule has 0 unspecified atom stereocenters. The molecule has 2 aromatic heterocycles. The predicted octanol–water partition coefficient (Wildman–Crippen LogP) is 3.13. The van der Waals surface area contributed by atoms with Crippen LogP contribution in [0.15, 0.2) is 34.0 Å². The van der Waals surface area contributed by atoms with Gasteiger partial charge in [-0.25, -0.2) is 9.78 Å². The molecule has 0 aliphatic carbocycles. The summed E-state index contributed by atoms with van der Waals surface area (Å²) in [7, 11) is 0. The molecule has 1 aromatic carbocycles. The van der Waals surface area contributed by atoms with Crippen LogP contribution < -0.4 is 11.2 Å². The molecular formula is C18H15Cl2N3O4. The monoisotopic (exact) mass is 407 g/mol. The number of pyridine rings is 1. The Morgan fingerprint density at radius 2 is 2.00 bits per heavy atom. The summed E-state index contributed by atoms with van der Waals surface area (Å²) >= 11 is 11.8. The third-order valence-electron chi connectivity index (χ3n) is 4.10. The summed E-state index contributed by atoms with van der Waals surface area (Å²) in [6.07, 6.45) is 2.84. The van der Waals surface area contributed by atoms with E-state index in [4.69, 9.17) is 23.2 Å². The Hall–Kier alpha value is -2.64. The summed E-state index contributed by atoms with van der Waals surface area (Å²) in [6.45, 7) is 2.37. The number of halogens is 2. The summed E-state index contributed by atoms with van der Waals surface area (Å²) in [5, 5.41) is 10.3. The van der Waals surface area contributed by atoms with E-state index in [1.54, 1.807) is 0 Å². The minimum atomic E-state index is -0.641. The zero-order valence-electron chi connectivity index (χ0n) is 14.3. The molecule has 0 atom stereocenters. The van der Waals surface area contributed by atoms with Crippen LogP contribution >= 0.6 is 23.2 Å². The number of fused-ring (bicyclic) bond motifs is 1. The highest BCUT2D eigenvalue weighted by atomic mass is 35.5. The number of aryl methyl sites for hydroxylation is 1. The first-order chi connectivity index (χ1) is 12.8. The van der Waals surface area contributed by atoms with Crippen LogP contribution in [0.4, 0.5) is 0 Å². The van der Waals surface area contributed by atoms with Crippen LogP contribution in [0, 0.1) is 0 Å². The van der Waals surface area contributed by atoms with Crippen LogP contribution in [0.1, 0.15) is 35.7 Å². The number of rotatable bonds is 5. The number of phenols is 1. The normalized spacial score (nSPS) is 11.1. The van der Waals surface area contributed by atoms with Crippen LogP contribution in [0.25, 0.3) is 11.0 Å². The van der Waals surface area contributed by atoms with Crippen LogP contribution in [0.3, 0.4) is 0 Å². The van der Waals surface area contributed by atoms with Crippen molar-refractivity contribution in [3.8, 4) is 5.75 Å². The standard InChI is InChI=1S/C18H15Cl2N3O4/c1-2-3-4-23-16-12(17(26)22-18(23)27)5-9(8-21-16)14(24)11-6-10(19)7-13(20)15(11)25/h5-8,25H,2-4H2,1H3,(H,22,26,27). The van der Waals surface area contributed by atoms with Crippen molar-refractivity contribution in [3.63, 3.8) is 0 Å². The number of aromatic amines is 1. The van der Waals surface area contributed by atoms with Gasteiger partial charge in [0.25, 0.3) is 5.56 Å². The summed E-state index contributed by atoms with van der Waals surface area (Å²) in [5.41, 5.74) is -1.04. The number of hydrogen-bond acceptors (Lipinski definition) is 5. The number of aromatic hydroxyl groups is 1. The number of carbonyl (C=O) groups excluding carboxylic acids is 1. The van der Waals surface area contributed by atoms with Crippen molar-refractivity contribution in [1.82, 2.24) is 14.5 Å². The molecule has 3 rings (SSSR count). The molecule has 0 bridgehead atoms. The van der Waals surface area contributed by atoms with Crippen molar-refractivity contribution in [1.29, 1.82) is 0 Å². The molecule has 0 aliphatic rings. The SMILES string of the molecule is CCCCn1c(=O)[nH]c(=O)c2cc(C(=O)c3cc(Cl)cc(Cl)c3O)cnc21. The maximum Gasteiger partial charge on any atom is 0.329 e. The quantitative estimate of drug-likeness (QED) is 0.632. The minimum absolute atomic E-state index is 0.0577. The second-order valence-corrected chi connectivity index (χ2v) is 6.82. The number of benzene rings is 1. The Balaban J connectivity index is 2.16. The highest BCUT2D eigenvalue weighted by Gasteiger charge is 2.19. The number of aromatic nitrogens is 3. The van der Waals surface area contributed by atoms with E-state index < -0.39 is 22.8 Å². The molecule has 140 valence electrons. The van der Waals surface area contributed by atoms with E-state index in [-0.39, 0.29) is 32.2 Å². The molecule has 2 N–H and O–H groups in total. The van der Waals surface area contributed by atoms with Crippen molar-refractivity contribution >= 4 is 40.0 Å². The average molecular weight is 408 g/mol. The molecular weight excluding hydrogens is 393 g/mol. The zero-order chi connectivity index (χ0) is 19.7. The Morgan fingerprint density at radius 1 is 1.26 bits per heavy atom. The summed E-state index contributed by atoms with van der Waals surface area (Å²) in [4.78, 5) is 43.4. The van der Waals surface area contributed by atoms with Gasteiger partial charge in [0.05, 0.1) is 16.0 Å². The number of ketones is 1. The van der Waals surface area contributed by atoms with Gasteiger partial charge in [-0.2, -0.15) is 0 Å². The van der Waals surface area contributed by atoms with Crippen LogP contribution in [0.5, 0.6) is 5.75 Å². The third-order valence-corrected chi connectivity index (χ3v) is 4.61. The Labute approximate surface area is 163 Å². The van der Waals surface area contributed by atoms with Gasteiger partial charge in [-0.05, 0) is 24.6 Å². The van der Waals surface area contributed by atoms with Gasteiger partial charge >= 0.3 is 5.69 Å². The number of nitrogens with one attached hydrogen (secondary N) is 1. The Bertz CT molecular complexity index is 1170. The highest BCUT2D eigenvalue weighted by Crippen LogP contribution is 2.32. The fourth-order valence-corrected chi connectivity index (χ4v) is 3.20. The molecule has 0 saturated carbocycles. The number of carbonyl (C=O) groups is 1. The molecule has 0 aliphatic heterocycles. The van der Waals surface area contributed by atoms with Gasteiger partial charge in [-0.1, -0.05) is 36.5 Å². The first-order valence-electron chi connectivity index (χ1n) is 8.19. The summed E-state index contributed by atoms with van der Waals surface area (Å²) < 4.78 is 1.36. The van der Waals surface area contributed by atoms with Crippen molar-refractivity contribution in [2.45, 2.75) is 26.3 Å². The van der Waals surface area contributed by atoms with E-state index in [0.717, 1.165) is 12.8 Å². The second kappa shape index (κ2) is 7.54. The van der Waals surface area contributed by atoms with E-state index in [0.29, 0.717) is 6.54 Å². The van der Waals surface area contributed by atoms with E-state index in [1.165, 1.54) is 29.0 Å². The van der Waals surface area contributed by atoms with Gasteiger partial charge in [0.2, 0.25) is 0 Å². The number of unbranched alkanes of at least 4 members (excludes halogenated alkanes) is 1. The lowest BCUT2D eigenvalue weighted by molar-refractivity contribution is 0.103. The number of nitrogens with zero attached hydrogens (tertiary/aromatic N) is 2. The van der Waals surface area contributed by atoms with Crippen molar-refractivity contribution in [2.75, 3.05) is 0 Å². The molecule has 9 heteroatoms. The Morgan fingerprint density at radius 3 is 2.70 bits per heavy atom. The number of hydrogen-bond donors (Lipinski definition) is 2. The van der Waals surface area contributed by atoms with Crippen LogP contribution in [-0.2, 0) is 6.54 Å². The lowest BCUT2D eigenvalue weighted by Crippen LogP contribution is -2.31. The molecule has 2 heterocycles. The van der Waals surface area contributed by atoms with Gasteiger partial charge in [-0.15, -0.1) is 0 Å². The maximum atomic E-state index is 12.8. The van der Waals surface area contributed by atoms with Crippen molar-refractivity contribution in [2.24, 2.45) is 0 Å². The predicted molar refractivity (Wildman–Crippen MR) is 103 cm³/mol. The number of H-pyrrole nitrogens is 1. The van der Waals surface area contributed by atoms with Gasteiger partial charge < -0.3 is 5.11 Å². The largest absolute Gasteiger partial charge is 0.506 e. The van der Waals surface area contributed by atoms with Gasteiger partial charge in [0.15, 0.2) is 5.78 Å². The van der Waals surface area contributed by atoms with E-state index in [9.17, 15) is 19.5 Å². The second-order valence-electron chi connectivity index (χ2n) is 5.97. The molecule has 0 fully saturated rings. The minimum Gasteiger partial charge on any atom is -0.506 e. The van der Waals surface area contributed by atoms with E-state index >= 15 is 0 Å². The fourth-order valence-electron chi connectivity index (χ4n) is 2.71. The van der Waals surface area contributed by atoms with Crippen molar-refractivity contribution < 1.29 is 9.90 Å². The topological polar surface area (TPSA) is 105 Å². The lowest BCUT2D eigenvalue weighted by atomic mass is 10.0. The van der Waals surface area contributed by atoms with Gasteiger partial charge in [0.1, 0.15) is 11.4 Å². The van der Waals surface area contributed by atoms with Crippen LogP contribution in [0.2, 0.25) is 10.0 Å². The van der Waals surface area contributed by atoms with E-state index in [1.807, 2.05) is 6.92 Å². The molecule has 3 aromatic rings. The maximum absolute atomic E-state index is 12.8. The third kappa shape index (κ3) is 3.61. The zero-order valence-corrected chi connectivity index (χ0v) is 15.8. The van der Waals surface area contributed by atoms with E-state index in [2.05, 4.69) is 9.97 Å². The molecule has 0 spiro atoms. The molecule has 7 nitrogen and oxygen atoms in total. The highest BCUT2D eigenvalue weighted by molar-refractivity contribution is 6.36. The lowest BCUT2D eigenvalue weighted by Gasteiger charge is -2.10. The molecule has 0 saturated heterocycles. The summed E-state index contributed by atoms with van der Waals surface area (Å²) in [5.74, 6) is -1.01. The first kappa shape index (κ1) is 19.1. The average Bonchev–Trinajstić information content (AvgIpc) is 2.63. The first-order valence-corrected chi connectivity index (χ1v) is 8.94. The Kier molecular flexibility index (Phi) is 5.34. The molecule has 0 radical (unpaired) electrons. The number of phenolic OH excluding ortho intramolecular Hbond substituents is 1. The van der Waals surface area contributed by atoms with Gasteiger partial charge in [0, 0.05) is 23.3 Å². The van der Waals surface area contributed by atoms with Crippen LogP contribution in [-0.4, -0.2) is 25.4 Å². The van der Waals surface area contributed by atoms with Crippen molar-refractivity contribution in [3.05, 3.63) is 66.4 Å². The molecule has 27 heavy (non-hydrogen) atoms. The smallest absolute Gasteiger partial charge is 0.329 e. The van der Waals surface area contributed by atoms with Gasteiger partial charge in [-0.3, -0.25) is 19.1 Å². The molecule has 0 amide bonds. The summed E-state index contributed by atoms with van der Waals surface area (Å²) in [6, 6.07) is 3.92.